The summed E-state index contributed by atoms with van der Waals surface area (Å²) < 4.78 is 12.9. The number of halogens is 1. The van der Waals surface area contributed by atoms with Crippen LogP contribution in [0.5, 0.6) is 5.75 Å². The monoisotopic (exact) mass is 494 g/mol. The van der Waals surface area contributed by atoms with Crippen LogP contribution in [-0.2, 0) is 9.53 Å². The number of aromatic nitrogens is 1. The van der Waals surface area contributed by atoms with Gasteiger partial charge in [0.2, 0.25) is 0 Å². The van der Waals surface area contributed by atoms with Crippen LogP contribution in [0.4, 0.5) is 0 Å². The average Bonchev–Trinajstić information content (AvgIpc) is 3.12. The van der Waals surface area contributed by atoms with Crippen LogP contribution < -0.4 is 19.6 Å². The van der Waals surface area contributed by atoms with E-state index < -0.39 is 12.0 Å². The number of allylic oxidation sites excluding steroid dienone is 1. The van der Waals surface area contributed by atoms with Crippen molar-refractivity contribution in [3.8, 4) is 5.75 Å². The third kappa shape index (κ3) is 4.76. The van der Waals surface area contributed by atoms with Crippen molar-refractivity contribution in [2.45, 2.75) is 19.9 Å². The van der Waals surface area contributed by atoms with E-state index in [4.69, 9.17) is 21.1 Å². The highest BCUT2D eigenvalue weighted by molar-refractivity contribution is 7.07. The molecule has 0 radical (unpaired) electrons. The first-order valence-electron chi connectivity index (χ1n) is 10.7. The first kappa shape index (κ1) is 23.7. The van der Waals surface area contributed by atoms with Crippen molar-refractivity contribution >= 4 is 35.0 Å². The number of fused-ring (bicyclic) bond motifs is 1. The standard InChI is InChI=1S/C26H23ClN2O4S/c1-4-14-33-20-12-6-17(7-13-20)15-21-24(30)29-23(18-8-10-19(27)11-9-18)22(25(31)32-5-2)16(3)28-26(29)34-21/h4,6-13,15,23H,1,5,14H2,2-3H3/b21-15+/t23-/m1/s1. The summed E-state index contributed by atoms with van der Waals surface area (Å²) in [6.45, 7) is 7.79. The van der Waals surface area contributed by atoms with Crippen LogP contribution in [0, 0.1) is 0 Å². The van der Waals surface area contributed by atoms with E-state index in [-0.39, 0.29) is 12.2 Å². The van der Waals surface area contributed by atoms with Crippen LogP contribution in [0.3, 0.4) is 0 Å². The van der Waals surface area contributed by atoms with Crippen molar-refractivity contribution in [2.75, 3.05) is 13.2 Å². The molecule has 0 aliphatic carbocycles. The number of hydrogen-bond acceptors (Lipinski definition) is 6. The van der Waals surface area contributed by atoms with Gasteiger partial charge >= 0.3 is 5.97 Å². The van der Waals surface area contributed by atoms with E-state index >= 15 is 0 Å². The van der Waals surface area contributed by atoms with Gasteiger partial charge < -0.3 is 9.47 Å². The van der Waals surface area contributed by atoms with Gasteiger partial charge in [0.1, 0.15) is 12.4 Å². The molecule has 2 aromatic carbocycles. The summed E-state index contributed by atoms with van der Waals surface area (Å²) in [5.74, 6) is 0.226. The second kappa shape index (κ2) is 10.2. The van der Waals surface area contributed by atoms with Crippen LogP contribution in [0.1, 0.15) is 31.0 Å². The molecule has 8 heteroatoms. The average molecular weight is 495 g/mol. The maximum Gasteiger partial charge on any atom is 0.338 e. The van der Waals surface area contributed by atoms with Gasteiger partial charge in [-0.1, -0.05) is 59.9 Å². The zero-order chi connectivity index (χ0) is 24.2. The van der Waals surface area contributed by atoms with Crippen LogP contribution >= 0.6 is 22.9 Å². The van der Waals surface area contributed by atoms with Crippen LogP contribution in [-0.4, -0.2) is 23.8 Å². The lowest BCUT2D eigenvalue weighted by molar-refractivity contribution is -0.139. The molecular formula is C26H23ClN2O4S. The van der Waals surface area contributed by atoms with E-state index in [1.165, 1.54) is 11.3 Å². The smallest absolute Gasteiger partial charge is 0.338 e. The van der Waals surface area contributed by atoms with Gasteiger partial charge in [-0.25, -0.2) is 9.79 Å². The molecule has 2 heterocycles. The molecule has 0 bridgehead atoms. The lowest BCUT2D eigenvalue weighted by Gasteiger charge is -2.24. The SMILES string of the molecule is C=CCOc1ccc(/C=c2/sc3n(c2=O)[C@H](c2ccc(Cl)cc2)C(C(=O)OCC)=C(C)N=3)cc1. The normalized spacial score (nSPS) is 15.5. The van der Waals surface area contributed by atoms with E-state index in [9.17, 15) is 9.59 Å². The van der Waals surface area contributed by atoms with Crippen molar-refractivity contribution in [2.24, 2.45) is 4.99 Å². The molecule has 1 aliphatic rings. The predicted octanol–water partition coefficient (Wildman–Crippen LogP) is 4.02. The molecule has 1 aromatic heterocycles. The highest BCUT2D eigenvalue weighted by Gasteiger charge is 2.33. The van der Waals surface area contributed by atoms with E-state index in [0.717, 1.165) is 16.9 Å². The molecule has 6 nitrogen and oxygen atoms in total. The van der Waals surface area contributed by atoms with Crippen LogP contribution in [0.25, 0.3) is 6.08 Å². The summed E-state index contributed by atoms with van der Waals surface area (Å²) in [6, 6.07) is 13.9. The molecule has 0 N–H and O–H groups in total. The highest BCUT2D eigenvalue weighted by Crippen LogP contribution is 2.31. The Bertz CT molecular complexity index is 1430. The lowest BCUT2D eigenvalue weighted by atomic mass is 9.96. The molecule has 1 aliphatic heterocycles. The maximum absolute atomic E-state index is 13.6. The number of carbonyl (C=O) groups excluding carboxylic acids is 1. The van der Waals surface area contributed by atoms with Gasteiger partial charge in [0.05, 0.1) is 28.5 Å². The fraction of sp³-hybridized carbons (Fsp3) is 0.192. The van der Waals surface area contributed by atoms with Gasteiger partial charge in [0.15, 0.2) is 4.80 Å². The molecule has 174 valence electrons. The molecule has 4 rings (SSSR count). The molecule has 0 fully saturated rings. The number of rotatable bonds is 7. The predicted molar refractivity (Wildman–Crippen MR) is 134 cm³/mol. The molecule has 0 spiro atoms. The molecule has 1 atom stereocenters. The van der Waals surface area contributed by atoms with Crippen LogP contribution in [0.15, 0.2) is 82.2 Å². The Morgan fingerprint density at radius 3 is 2.56 bits per heavy atom. The van der Waals surface area contributed by atoms with Gasteiger partial charge in [0.25, 0.3) is 5.56 Å². The van der Waals surface area contributed by atoms with E-state index in [1.54, 1.807) is 36.6 Å². The Kier molecular flexibility index (Phi) is 7.14. The van der Waals surface area contributed by atoms with E-state index in [2.05, 4.69) is 11.6 Å². The Morgan fingerprint density at radius 2 is 1.91 bits per heavy atom. The van der Waals surface area contributed by atoms with Gasteiger partial charge in [-0.05, 0) is 55.3 Å². The summed E-state index contributed by atoms with van der Waals surface area (Å²) in [6.07, 6.45) is 3.49. The number of thiazole rings is 1. The van der Waals surface area contributed by atoms with E-state index in [1.807, 2.05) is 42.5 Å². The molecule has 3 aromatic rings. The molecule has 0 saturated heterocycles. The van der Waals surface area contributed by atoms with E-state index in [0.29, 0.717) is 32.2 Å². The Morgan fingerprint density at radius 1 is 1.21 bits per heavy atom. The summed E-state index contributed by atoms with van der Waals surface area (Å²) >= 11 is 7.36. The number of hydrogen-bond donors (Lipinski definition) is 0. The lowest BCUT2D eigenvalue weighted by Crippen LogP contribution is -2.39. The van der Waals surface area contributed by atoms with Crippen LogP contribution in [0.2, 0.25) is 5.02 Å². The summed E-state index contributed by atoms with van der Waals surface area (Å²) in [5, 5.41) is 0.565. The minimum Gasteiger partial charge on any atom is -0.490 e. The summed E-state index contributed by atoms with van der Waals surface area (Å²) in [4.78, 5) is 31.5. The topological polar surface area (TPSA) is 69.9 Å². The zero-order valence-corrected chi connectivity index (χ0v) is 20.4. The van der Waals surface area contributed by atoms with Gasteiger partial charge in [-0.3, -0.25) is 9.36 Å². The van der Waals surface area contributed by atoms with Gasteiger partial charge in [-0.2, -0.15) is 0 Å². The second-order valence-electron chi connectivity index (χ2n) is 7.52. The minimum absolute atomic E-state index is 0.222. The minimum atomic E-state index is -0.663. The molecule has 34 heavy (non-hydrogen) atoms. The maximum atomic E-state index is 13.6. The Labute approximate surface area is 205 Å². The molecule has 0 amide bonds. The highest BCUT2D eigenvalue weighted by atomic mass is 35.5. The molecular weight excluding hydrogens is 472 g/mol. The molecule has 0 saturated carbocycles. The Hall–Kier alpha value is -3.42. The first-order chi connectivity index (χ1) is 16.4. The third-order valence-electron chi connectivity index (χ3n) is 5.25. The summed E-state index contributed by atoms with van der Waals surface area (Å²) in [7, 11) is 0. The largest absolute Gasteiger partial charge is 0.490 e. The van der Waals surface area contributed by atoms with Crippen molar-refractivity contribution in [1.82, 2.24) is 4.57 Å². The quantitative estimate of drug-likeness (QED) is 0.367. The zero-order valence-electron chi connectivity index (χ0n) is 18.8. The number of benzene rings is 2. The summed E-state index contributed by atoms with van der Waals surface area (Å²) in [5.41, 5.74) is 2.23. The van der Waals surface area contributed by atoms with Gasteiger partial charge in [0, 0.05) is 5.02 Å². The van der Waals surface area contributed by atoms with Crippen molar-refractivity contribution < 1.29 is 14.3 Å². The van der Waals surface area contributed by atoms with Crippen molar-refractivity contribution in [1.29, 1.82) is 0 Å². The first-order valence-corrected chi connectivity index (χ1v) is 11.9. The Balaban J connectivity index is 1.84. The van der Waals surface area contributed by atoms with Crippen molar-refractivity contribution in [3.63, 3.8) is 0 Å². The number of nitrogens with zero attached hydrogens (tertiary/aromatic N) is 2. The fourth-order valence-electron chi connectivity index (χ4n) is 3.72. The third-order valence-corrected chi connectivity index (χ3v) is 6.48. The number of ether oxygens (including phenoxy) is 2. The fourth-order valence-corrected chi connectivity index (χ4v) is 4.89. The van der Waals surface area contributed by atoms with Gasteiger partial charge in [-0.15, -0.1) is 0 Å². The molecule has 0 unspecified atom stereocenters. The number of carbonyl (C=O) groups is 1. The number of esters is 1. The van der Waals surface area contributed by atoms with Crippen molar-refractivity contribution in [3.05, 3.63) is 108 Å². The second-order valence-corrected chi connectivity index (χ2v) is 8.97.